The molecule has 0 aromatic carbocycles. The molecular formula is C13H25ClN4O2. The van der Waals surface area contributed by atoms with Gasteiger partial charge < -0.3 is 15.6 Å². The molecule has 0 bridgehead atoms. The first-order valence-corrected chi connectivity index (χ1v) is 6.78. The number of carbonyl (C=O) groups excluding carboxylic acids is 1. The van der Waals surface area contributed by atoms with E-state index in [1.54, 1.807) is 0 Å². The first-order valence-electron chi connectivity index (χ1n) is 6.78. The van der Waals surface area contributed by atoms with Gasteiger partial charge in [-0.3, -0.25) is 4.79 Å². The van der Waals surface area contributed by atoms with E-state index in [9.17, 15) is 4.79 Å². The lowest BCUT2D eigenvalue weighted by molar-refractivity contribution is -0.121. The van der Waals surface area contributed by atoms with E-state index in [1.807, 2.05) is 13.8 Å². The molecule has 3 N–H and O–H groups in total. The molecule has 1 aromatic rings. The number of aryl methyl sites for hydroxylation is 2. The summed E-state index contributed by atoms with van der Waals surface area (Å²) in [6.45, 7) is 6.30. The van der Waals surface area contributed by atoms with E-state index >= 15 is 0 Å². The van der Waals surface area contributed by atoms with Crippen molar-refractivity contribution in [3.05, 3.63) is 11.7 Å². The lowest BCUT2D eigenvalue weighted by Crippen LogP contribution is -2.45. The minimum atomic E-state index is -0.378. The standard InChI is InChI=1S/C13H24N4O2.ClH/c1-4-6-10-16-12(19-17-10)8-5-7-11(18)15-9-13(2,3)14;/h4-9,14H2,1-3H3,(H,15,18);1H. The molecule has 0 unspecified atom stereocenters. The molecule has 0 radical (unpaired) electrons. The van der Waals surface area contributed by atoms with Crippen LogP contribution in [0.5, 0.6) is 0 Å². The number of rotatable bonds is 8. The van der Waals surface area contributed by atoms with Crippen molar-refractivity contribution in [1.82, 2.24) is 15.5 Å². The molecule has 0 fully saturated rings. The fourth-order valence-corrected chi connectivity index (χ4v) is 1.53. The van der Waals surface area contributed by atoms with Gasteiger partial charge in [-0.15, -0.1) is 12.4 Å². The number of amides is 1. The van der Waals surface area contributed by atoms with Gasteiger partial charge in [-0.1, -0.05) is 12.1 Å². The highest BCUT2D eigenvalue weighted by molar-refractivity contribution is 5.85. The van der Waals surface area contributed by atoms with Crippen LogP contribution < -0.4 is 11.1 Å². The van der Waals surface area contributed by atoms with Crippen LogP contribution in [0, 0.1) is 0 Å². The zero-order chi connectivity index (χ0) is 14.3. The maximum atomic E-state index is 11.6. The second-order valence-electron chi connectivity index (χ2n) is 5.47. The van der Waals surface area contributed by atoms with Gasteiger partial charge in [-0.25, -0.2) is 0 Å². The summed E-state index contributed by atoms with van der Waals surface area (Å²) in [7, 11) is 0. The lowest BCUT2D eigenvalue weighted by atomic mass is 10.1. The van der Waals surface area contributed by atoms with E-state index < -0.39 is 0 Å². The number of nitrogens with one attached hydrogen (secondary N) is 1. The maximum Gasteiger partial charge on any atom is 0.226 e. The number of aromatic nitrogens is 2. The van der Waals surface area contributed by atoms with Gasteiger partial charge in [0.15, 0.2) is 5.82 Å². The van der Waals surface area contributed by atoms with Crippen LogP contribution in [-0.2, 0) is 17.6 Å². The lowest BCUT2D eigenvalue weighted by Gasteiger charge is -2.18. The summed E-state index contributed by atoms with van der Waals surface area (Å²) in [5, 5.41) is 6.67. The Morgan fingerprint density at radius 2 is 2.10 bits per heavy atom. The van der Waals surface area contributed by atoms with Crippen LogP contribution in [0.2, 0.25) is 0 Å². The minimum absolute atomic E-state index is 0. The van der Waals surface area contributed by atoms with Gasteiger partial charge in [0.05, 0.1) is 0 Å². The Bertz CT molecular complexity index is 401. The molecule has 0 aliphatic rings. The predicted molar refractivity (Wildman–Crippen MR) is 79.8 cm³/mol. The molecule has 7 heteroatoms. The number of hydrogen-bond donors (Lipinski definition) is 2. The van der Waals surface area contributed by atoms with Crippen LogP contribution in [0.25, 0.3) is 0 Å². The van der Waals surface area contributed by atoms with Crippen molar-refractivity contribution < 1.29 is 9.32 Å². The highest BCUT2D eigenvalue weighted by atomic mass is 35.5. The number of hydrogen-bond acceptors (Lipinski definition) is 5. The van der Waals surface area contributed by atoms with Gasteiger partial charge in [-0.05, 0) is 26.7 Å². The monoisotopic (exact) mass is 304 g/mol. The zero-order valence-corrected chi connectivity index (χ0v) is 13.3. The SMILES string of the molecule is CCCc1noc(CCCC(=O)NCC(C)(C)N)n1.Cl. The van der Waals surface area contributed by atoms with Crippen LogP contribution in [0.1, 0.15) is 51.7 Å². The summed E-state index contributed by atoms with van der Waals surface area (Å²) in [5.74, 6) is 1.36. The van der Waals surface area contributed by atoms with E-state index in [4.69, 9.17) is 10.3 Å². The largest absolute Gasteiger partial charge is 0.354 e. The summed E-state index contributed by atoms with van der Waals surface area (Å²) >= 11 is 0. The van der Waals surface area contributed by atoms with Gasteiger partial charge in [0.1, 0.15) is 0 Å². The third-order valence-corrected chi connectivity index (χ3v) is 2.52. The van der Waals surface area contributed by atoms with E-state index in [0.29, 0.717) is 31.7 Å². The molecule has 0 spiro atoms. The van der Waals surface area contributed by atoms with Crippen molar-refractivity contribution in [2.75, 3.05) is 6.54 Å². The third-order valence-electron chi connectivity index (χ3n) is 2.52. The van der Waals surface area contributed by atoms with Crippen molar-refractivity contribution in [2.45, 2.75) is 58.4 Å². The van der Waals surface area contributed by atoms with Gasteiger partial charge in [-0.2, -0.15) is 4.98 Å². The normalized spacial score (nSPS) is 11.0. The Morgan fingerprint density at radius 1 is 1.40 bits per heavy atom. The van der Waals surface area contributed by atoms with Crippen LogP contribution in [0.3, 0.4) is 0 Å². The number of nitrogens with two attached hydrogens (primary N) is 1. The molecule has 0 atom stereocenters. The second-order valence-corrected chi connectivity index (χ2v) is 5.47. The van der Waals surface area contributed by atoms with Crippen molar-refractivity contribution in [2.24, 2.45) is 5.73 Å². The number of carbonyl (C=O) groups is 1. The van der Waals surface area contributed by atoms with E-state index in [2.05, 4.69) is 22.4 Å². The van der Waals surface area contributed by atoms with Crippen molar-refractivity contribution in [1.29, 1.82) is 0 Å². The molecule has 1 amide bonds. The van der Waals surface area contributed by atoms with Crippen LogP contribution in [0.15, 0.2) is 4.52 Å². The smallest absolute Gasteiger partial charge is 0.226 e. The first-order chi connectivity index (χ1) is 8.90. The van der Waals surface area contributed by atoms with Gasteiger partial charge in [0, 0.05) is 31.3 Å². The highest BCUT2D eigenvalue weighted by Crippen LogP contribution is 2.05. The topological polar surface area (TPSA) is 94.0 Å². The molecule has 0 aliphatic heterocycles. The Morgan fingerprint density at radius 3 is 2.70 bits per heavy atom. The minimum Gasteiger partial charge on any atom is -0.354 e. The van der Waals surface area contributed by atoms with Crippen LogP contribution in [0.4, 0.5) is 0 Å². The summed E-state index contributed by atoms with van der Waals surface area (Å²) in [6.07, 6.45) is 3.61. The predicted octanol–water partition coefficient (Wildman–Crippen LogP) is 1.62. The summed E-state index contributed by atoms with van der Waals surface area (Å²) in [4.78, 5) is 15.8. The average Bonchev–Trinajstić information content (AvgIpc) is 2.74. The summed E-state index contributed by atoms with van der Waals surface area (Å²) < 4.78 is 5.10. The fraction of sp³-hybridized carbons (Fsp3) is 0.769. The second kappa shape index (κ2) is 8.92. The number of halogens is 1. The molecule has 1 aromatic heterocycles. The van der Waals surface area contributed by atoms with Gasteiger partial charge in [0.2, 0.25) is 11.8 Å². The molecule has 116 valence electrons. The summed E-state index contributed by atoms with van der Waals surface area (Å²) in [5.41, 5.74) is 5.41. The van der Waals surface area contributed by atoms with Crippen molar-refractivity contribution in [3.8, 4) is 0 Å². The molecular weight excluding hydrogens is 280 g/mol. The van der Waals surface area contributed by atoms with Crippen molar-refractivity contribution >= 4 is 18.3 Å². The molecule has 0 aliphatic carbocycles. The Kier molecular flexibility index (Phi) is 8.41. The quantitative estimate of drug-likeness (QED) is 0.761. The molecule has 1 rings (SSSR count). The van der Waals surface area contributed by atoms with Gasteiger partial charge >= 0.3 is 0 Å². The van der Waals surface area contributed by atoms with Crippen LogP contribution >= 0.6 is 12.4 Å². The van der Waals surface area contributed by atoms with Crippen LogP contribution in [-0.4, -0.2) is 28.1 Å². The Balaban J connectivity index is 0.00000361. The maximum absolute atomic E-state index is 11.6. The third kappa shape index (κ3) is 8.12. The van der Waals surface area contributed by atoms with Crippen molar-refractivity contribution in [3.63, 3.8) is 0 Å². The Hall–Kier alpha value is -1.14. The Labute approximate surface area is 126 Å². The molecule has 6 nitrogen and oxygen atoms in total. The molecule has 20 heavy (non-hydrogen) atoms. The molecule has 0 saturated carbocycles. The fourth-order valence-electron chi connectivity index (χ4n) is 1.53. The summed E-state index contributed by atoms with van der Waals surface area (Å²) in [6, 6.07) is 0. The van der Waals surface area contributed by atoms with Gasteiger partial charge in [0.25, 0.3) is 0 Å². The van der Waals surface area contributed by atoms with E-state index in [1.165, 1.54) is 0 Å². The van der Waals surface area contributed by atoms with E-state index in [0.717, 1.165) is 18.7 Å². The average molecular weight is 305 g/mol. The van der Waals surface area contributed by atoms with E-state index in [-0.39, 0.29) is 23.9 Å². The first kappa shape index (κ1) is 18.9. The number of nitrogens with zero attached hydrogens (tertiary/aromatic N) is 2. The molecule has 1 heterocycles. The molecule has 0 saturated heterocycles. The highest BCUT2D eigenvalue weighted by Gasteiger charge is 2.12. The zero-order valence-electron chi connectivity index (χ0n) is 12.4.